The molecule has 1 fully saturated rings. The third-order valence-electron chi connectivity index (χ3n) is 3.11. The molecule has 8 heteroatoms. The first-order valence-electron chi connectivity index (χ1n) is 6.72. The Bertz CT molecular complexity index is 352. The van der Waals surface area contributed by atoms with Crippen LogP contribution < -0.4 is 10.0 Å². The lowest BCUT2D eigenvalue weighted by Crippen LogP contribution is -2.53. The van der Waals surface area contributed by atoms with Gasteiger partial charge in [0.2, 0.25) is 0 Å². The summed E-state index contributed by atoms with van der Waals surface area (Å²) in [5, 5.41) is 3.19. The Kier molecular flexibility index (Phi) is 7.12. The molecule has 114 valence electrons. The molecule has 1 unspecified atom stereocenters. The maximum Gasteiger partial charge on any atom is 0.279 e. The summed E-state index contributed by atoms with van der Waals surface area (Å²) in [5.41, 5.74) is 0. The molecule has 1 rings (SSSR count). The predicted molar refractivity (Wildman–Crippen MR) is 70.4 cm³/mol. The van der Waals surface area contributed by atoms with Gasteiger partial charge in [0.25, 0.3) is 16.6 Å². The Morgan fingerprint density at radius 3 is 2.74 bits per heavy atom. The van der Waals surface area contributed by atoms with Gasteiger partial charge >= 0.3 is 0 Å². The number of halogens is 2. The topological polar surface area (TPSA) is 61.4 Å². The Hall–Kier alpha value is -0.310. The van der Waals surface area contributed by atoms with Gasteiger partial charge in [0.1, 0.15) is 0 Å². The first-order chi connectivity index (χ1) is 8.97. The molecule has 0 spiro atoms. The number of nitrogens with one attached hydrogen (secondary N) is 2. The van der Waals surface area contributed by atoms with E-state index < -0.39 is 23.2 Å². The van der Waals surface area contributed by atoms with Crippen LogP contribution in [0.2, 0.25) is 0 Å². The summed E-state index contributed by atoms with van der Waals surface area (Å²) in [6.07, 6.45) is 0.824. The zero-order valence-electron chi connectivity index (χ0n) is 11.2. The van der Waals surface area contributed by atoms with E-state index in [0.29, 0.717) is 13.1 Å². The molecule has 0 aliphatic carbocycles. The van der Waals surface area contributed by atoms with Crippen LogP contribution in [0.1, 0.15) is 32.6 Å². The summed E-state index contributed by atoms with van der Waals surface area (Å²) >= 11 is 0. The molecule has 0 radical (unpaired) electrons. The van der Waals surface area contributed by atoms with Crippen molar-refractivity contribution in [1.29, 1.82) is 0 Å². The van der Waals surface area contributed by atoms with Crippen molar-refractivity contribution >= 4 is 10.2 Å². The smallest absolute Gasteiger partial charge is 0.279 e. The van der Waals surface area contributed by atoms with Gasteiger partial charge in [-0.2, -0.15) is 17.4 Å². The number of nitrogens with zero attached hydrogens (tertiary/aromatic N) is 1. The molecule has 1 heterocycles. The number of rotatable bonds is 8. The van der Waals surface area contributed by atoms with E-state index >= 15 is 0 Å². The second-order valence-corrected chi connectivity index (χ2v) is 6.42. The summed E-state index contributed by atoms with van der Waals surface area (Å²) in [5.74, 6) is 0. The molecule has 0 saturated carbocycles. The van der Waals surface area contributed by atoms with E-state index in [9.17, 15) is 17.2 Å². The van der Waals surface area contributed by atoms with Crippen molar-refractivity contribution < 1.29 is 17.2 Å². The predicted octanol–water partition coefficient (Wildman–Crippen LogP) is 0.940. The van der Waals surface area contributed by atoms with Crippen LogP contribution in [0.15, 0.2) is 0 Å². The van der Waals surface area contributed by atoms with Crippen molar-refractivity contribution in [3.63, 3.8) is 0 Å². The monoisotopic (exact) mass is 299 g/mol. The maximum atomic E-state index is 12.1. The first-order valence-corrected chi connectivity index (χ1v) is 8.16. The van der Waals surface area contributed by atoms with Crippen molar-refractivity contribution in [3.8, 4) is 0 Å². The lowest BCUT2D eigenvalue weighted by molar-refractivity contribution is 0.151. The van der Waals surface area contributed by atoms with Crippen LogP contribution in [-0.2, 0) is 10.2 Å². The molecule has 0 aromatic carbocycles. The van der Waals surface area contributed by atoms with Gasteiger partial charge in [-0.15, -0.1) is 0 Å². The van der Waals surface area contributed by atoms with Crippen molar-refractivity contribution in [2.24, 2.45) is 0 Å². The van der Waals surface area contributed by atoms with Crippen LogP contribution >= 0.6 is 0 Å². The number of piperidine rings is 1. The van der Waals surface area contributed by atoms with E-state index in [0.717, 1.165) is 32.2 Å². The minimum Gasteiger partial charge on any atom is -0.315 e. The van der Waals surface area contributed by atoms with E-state index in [2.05, 4.69) is 5.32 Å². The Balaban J connectivity index is 2.59. The molecule has 1 atom stereocenters. The third kappa shape index (κ3) is 5.68. The van der Waals surface area contributed by atoms with E-state index in [1.807, 2.05) is 11.6 Å². The highest BCUT2D eigenvalue weighted by Gasteiger charge is 2.32. The molecule has 1 saturated heterocycles. The highest BCUT2D eigenvalue weighted by Crippen LogP contribution is 2.19. The third-order valence-corrected chi connectivity index (χ3v) is 4.74. The van der Waals surface area contributed by atoms with Crippen LogP contribution in [0.25, 0.3) is 0 Å². The van der Waals surface area contributed by atoms with E-state index in [1.165, 1.54) is 4.31 Å². The maximum absolute atomic E-state index is 12.1. The minimum absolute atomic E-state index is 0.143. The average Bonchev–Trinajstić information content (AvgIpc) is 2.37. The lowest BCUT2D eigenvalue weighted by atomic mass is 10.1. The van der Waals surface area contributed by atoms with Crippen LogP contribution in [0.4, 0.5) is 8.78 Å². The molecule has 0 aromatic rings. The molecule has 1 aliphatic rings. The summed E-state index contributed by atoms with van der Waals surface area (Å²) in [6.45, 7) is 3.01. The Morgan fingerprint density at radius 2 is 2.11 bits per heavy atom. The van der Waals surface area contributed by atoms with Crippen molar-refractivity contribution in [2.75, 3.05) is 26.2 Å². The van der Waals surface area contributed by atoms with Crippen molar-refractivity contribution in [3.05, 3.63) is 0 Å². The van der Waals surface area contributed by atoms with Gasteiger partial charge in [0.15, 0.2) is 0 Å². The second kappa shape index (κ2) is 8.08. The van der Waals surface area contributed by atoms with Gasteiger partial charge in [-0.1, -0.05) is 13.3 Å². The summed E-state index contributed by atoms with van der Waals surface area (Å²) in [4.78, 5) is 0. The molecular formula is C11H23F2N3O2S. The van der Waals surface area contributed by atoms with Gasteiger partial charge in [0.05, 0.1) is 6.54 Å². The Morgan fingerprint density at radius 1 is 1.37 bits per heavy atom. The fraction of sp³-hybridized carbons (Fsp3) is 1.00. The molecule has 0 aromatic heterocycles. The summed E-state index contributed by atoms with van der Waals surface area (Å²) < 4.78 is 51.5. The zero-order chi connectivity index (χ0) is 14.3. The van der Waals surface area contributed by atoms with Gasteiger partial charge in [-0.05, 0) is 25.8 Å². The highest BCUT2D eigenvalue weighted by molar-refractivity contribution is 7.87. The molecule has 19 heavy (non-hydrogen) atoms. The van der Waals surface area contributed by atoms with E-state index in [-0.39, 0.29) is 6.04 Å². The molecule has 0 amide bonds. The normalized spacial score (nSPS) is 22.0. The summed E-state index contributed by atoms with van der Waals surface area (Å²) in [6, 6.07) is -0.143. The molecular weight excluding hydrogens is 276 g/mol. The second-order valence-electron chi connectivity index (χ2n) is 4.71. The first kappa shape index (κ1) is 16.7. The van der Waals surface area contributed by atoms with Crippen LogP contribution in [-0.4, -0.2) is 51.4 Å². The Labute approximate surface area is 113 Å². The zero-order valence-corrected chi connectivity index (χ0v) is 12.1. The fourth-order valence-corrected chi connectivity index (χ4v) is 3.64. The largest absolute Gasteiger partial charge is 0.315 e. The standard InChI is InChI=1S/C11H23F2N3O2S/c1-2-6-14-8-10-5-3-4-7-16(10)19(17,18)15-9-11(12)13/h10-11,14-15H,2-9H2,1H3. The molecule has 1 aliphatic heterocycles. The van der Waals surface area contributed by atoms with Crippen molar-refractivity contribution in [1.82, 2.24) is 14.3 Å². The van der Waals surface area contributed by atoms with E-state index in [4.69, 9.17) is 0 Å². The number of alkyl halides is 2. The minimum atomic E-state index is -3.80. The number of hydrogen-bond acceptors (Lipinski definition) is 3. The fourth-order valence-electron chi connectivity index (χ4n) is 2.19. The molecule has 5 nitrogen and oxygen atoms in total. The average molecular weight is 299 g/mol. The SMILES string of the molecule is CCCNCC1CCCCN1S(=O)(=O)NCC(F)F. The summed E-state index contributed by atoms with van der Waals surface area (Å²) in [7, 11) is -3.80. The molecule has 2 N–H and O–H groups in total. The van der Waals surface area contributed by atoms with Crippen LogP contribution in [0, 0.1) is 0 Å². The van der Waals surface area contributed by atoms with Crippen LogP contribution in [0.3, 0.4) is 0 Å². The van der Waals surface area contributed by atoms with Crippen molar-refractivity contribution in [2.45, 2.75) is 45.1 Å². The van der Waals surface area contributed by atoms with Gasteiger partial charge in [-0.3, -0.25) is 0 Å². The van der Waals surface area contributed by atoms with Gasteiger partial charge in [-0.25, -0.2) is 8.78 Å². The number of hydrogen-bond donors (Lipinski definition) is 2. The quantitative estimate of drug-likeness (QED) is 0.656. The van der Waals surface area contributed by atoms with E-state index in [1.54, 1.807) is 0 Å². The van der Waals surface area contributed by atoms with Gasteiger partial charge < -0.3 is 5.32 Å². The van der Waals surface area contributed by atoms with Gasteiger partial charge in [0, 0.05) is 19.1 Å². The highest BCUT2D eigenvalue weighted by atomic mass is 32.2. The van der Waals surface area contributed by atoms with Crippen LogP contribution in [0.5, 0.6) is 0 Å². The molecule has 0 bridgehead atoms. The lowest BCUT2D eigenvalue weighted by Gasteiger charge is -2.34.